The van der Waals surface area contributed by atoms with Gasteiger partial charge in [-0.25, -0.2) is 0 Å². The molecule has 26 heavy (non-hydrogen) atoms. The van der Waals surface area contributed by atoms with Gasteiger partial charge in [0.2, 0.25) is 11.8 Å². The van der Waals surface area contributed by atoms with Crippen molar-refractivity contribution in [2.45, 2.75) is 12.8 Å². The smallest absolute Gasteiger partial charge is 0.305 e. The number of ether oxygens (including phenoxy) is 2. The molecule has 0 radical (unpaired) electrons. The summed E-state index contributed by atoms with van der Waals surface area (Å²) >= 11 is 0. The van der Waals surface area contributed by atoms with Crippen LogP contribution in [-0.4, -0.2) is 112 Å². The fraction of sp³-hybridized carbons (Fsp3) is 0.824. The number of amides is 2. The number of nitrogens with zero attached hydrogens (tertiary/aromatic N) is 3. The van der Waals surface area contributed by atoms with Crippen LogP contribution in [0.3, 0.4) is 0 Å². The molecule has 2 heterocycles. The molecule has 0 bridgehead atoms. The molecule has 9 heteroatoms. The molecule has 2 aliphatic rings. The van der Waals surface area contributed by atoms with Gasteiger partial charge in [0.15, 0.2) is 0 Å². The van der Waals surface area contributed by atoms with Gasteiger partial charge in [0.1, 0.15) is 0 Å². The van der Waals surface area contributed by atoms with Gasteiger partial charge in [-0.15, -0.1) is 0 Å². The molecule has 9 nitrogen and oxygen atoms in total. The maximum absolute atomic E-state index is 12.3. The van der Waals surface area contributed by atoms with Crippen LogP contribution in [0.2, 0.25) is 0 Å². The summed E-state index contributed by atoms with van der Waals surface area (Å²) in [5.74, 6) is -0.139. The van der Waals surface area contributed by atoms with Crippen molar-refractivity contribution in [2.24, 2.45) is 0 Å². The Kier molecular flexibility index (Phi) is 8.79. The van der Waals surface area contributed by atoms with Gasteiger partial charge < -0.3 is 19.7 Å². The van der Waals surface area contributed by atoms with Gasteiger partial charge in [0, 0.05) is 52.2 Å². The van der Waals surface area contributed by atoms with Crippen LogP contribution in [0.4, 0.5) is 0 Å². The van der Waals surface area contributed by atoms with Crippen molar-refractivity contribution >= 4 is 17.8 Å². The quantitative estimate of drug-likeness (QED) is 0.412. The van der Waals surface area contributed by atoms with E-state index in [-0.39, 0.29) is 17.8 Å². The topological polar surface area (TPSA) is 91.4 Å². The fourth-order valence-electron chi connectivity index (χ4n) is 3.03. The summed E-state index contributed by atoms with van der Waals surface area (Å²) in [6.45, 7) is 6.96. The molecule has 148 valence electrons. The van der Waals surface area contributed by atoms with E-state index in [2.05, 4.69) is 19.9 Å². The Balaban J connectivity index is 1.57. The molecule has 0 saturated carbocycles. The van der Waals surface area contributed by atoms with Gasteiger partial charge in [-0.1, -0.05) is 0 Å². The molecular formula is C17H30N4O5. The number of carbonyl (C=O) groups is 3. The summed E-state index contributed by atoms with van der Waals surface area (Å²) in [5.41, 5.74) is 0. The number of esters is 1. The van der Waals surface area contributed by atoms with Crippen molar-refractivity contribution < 1.29 is 23.9 Å². The number of hydrogen-bond donors (Lipinski definition) is 1. The van der Waals surface area contributed by atoms with Gasteiger partial charge >= 0.3 is 5.97 Å². The van der Waals surface area contributed by atoms with E-state index in [1.54, 1.807) is 0 Å². The molecule has 0 spiro atoms. The Morgan fingerprint density at radius 3 is 2.19 bits per heavy atom. The summed E-state index contributed by atoms with van der Waals surface area (Å²) in [7, 11) is 1.36. The molecule has 2 rings (SSSR count). The van der Waals surface area contributed by atoms with Crippen LogP contribution in [0.1, 0.15) is 12.8 Å². The highest BCUT2D eigenvalue weighted by Gasteiger charge is 2.23. The monoisotopic (exact) mass is 370 g/mol. The lowest BCUT2D eigenvalue weighted by atomic mass is 10.3. The first-order valence-electron chi connectivity index (χ1n) is 9.22. The SMILES string of the molecule is COC(=O)CCCNC(=O)CN1CCN(CC(=O)N2CCOCC2)CC1. The third kappa shape index (κ3) is 7.27. The van der Waals surface area contributed by atoms with Gasteiger partial charge in [-0.05, 0) is 6.42 Å². The molecule has 2 fully saturated rings. The van der Waals surface area contributed by atoms with E-state index in [0.29, 0.717) is 58.8 Å². The molecule has 0 atom stereocenters. The van der Waals surface area contributed by atoms with E-state index in [9.17, 15) is 14.4 Å². The summed E-state index contributed by atoms with van der Waals surface area (Å²) in [6, 6.07) is 0. The van der Waals surface area contributed by atoms with Crippen molar-refractivity contribution in [3.63, 3.8) is 0 Å². The van der Waals surface area contributed by atoms with Crippen LogP contribution in [0, 0.1) is 0 Å². The van der Waals surface area contributed by atoms with Crippen molar-refractivity contribution in [2.75, 3.05) is 79.2 Å². The average molecular weight is 370 g/mol. The van der Waals surface area contributed by atoms with E-state index in [0.717, 1.165) is 26.2 Å². The fourth-order valence-corrected chi connectivity index (χ4v) is 3.03. The number of piperazine rings is 1. The maximum atomic E-state index is 12.3. The zero-order valence-electron chi connectivity index (χ0n) is 15.6. The first-order chi connectivity index (χ1) is 12.6. The summed E-state index contributed by atoms with van der Waals surface area (Å²) < 4.78 is 9.83. The highest BCUT2D eigenvalue weighted by atomic mass is 16.5. The van der Waals surface area contributed by atoms with Crippen LogP contribution in [-0.2, 0) is 23.9 Å². The lowest BCUT2D eigenvalue weighted by molar-refractivity contribution is -0.140. The average Bonchev–Trinajstić information content (AvgIpc) is 2.67. The number of rotatable bonds is 8. The maximum Gasteiger partial charge on any atom is 0.305 e. The van der Waals surface area contributed by atoms with E-state index in [1.807, 2.05) is 4.90 Å². The molecule has 1 N–H and O–H groups in total. The molecule has 0 unspecified atom stereocenters. The van der Waals surface area contributed by atoms with Crippen LogP contribution >= 0.6 is 0 Å². The minimum atomic E-state index is -0.262. The lowest BCUT2D eigenvalue weighted by Gasteiger charge is -2.35. The molecule has 0 aliphatic carbocycles. The molecule has 2 saturated heterocycles. The van der Waals surface area contributed by atoms with E-state index < -0.39 is 0 Å². The molecule has 0 aromatic rings. The number of morpholine rings is 1. The number of hydrogen-bond acceptors (Lipinski definition) is 7. The molecule has 2 aliphatic heterocycles. The predicted octanol–water partition coefficient (Wildman–Crippen LogP) is -1.47. The highest BCUT2D eigenvalue weighted by Crippen LogP contribution is 2.04. The largest absolute Gasteiger partial charge is 0.469 e. The second kappa shape index (κ2) is 11.1. The van der Waals surface area contributed by atoms with Crippen molar-refractivity contribution in [3.8, 4) is 0 Å². The summed E-state index contributed by atoms with van der Waals surface area (Å²) in [6.07, 6.45) is 0.891. The Morgan fingerprint density at radius 2 is 1.58 bits per heavy atom. The van der Waals surface area contributed by atoms with Crippen LogP contribution < -0.4 is 5.32 Å². The standard InChI is InChI=1S/C17H30N4O5/c1-25-17(24)3-2-4-18-15(22)13-19-5-7-20(8-6-19)14-16(23)21-9-11-26-12-10-21/h2-14H2,1H3,(H,18,22). The number of nitrogens with one attached hydrogen (secondary N) is 1. The third-order valence-corrected chi connectivity index (χ3v) is 4.66. The van der Waals surface area contributed by atoms with Gasteiger partial charge in [-0.3, -0.25) is 24.2 Å². The van der Waals surface area contributed by atoms with E-state index >= 15 is 0 Å². The summed E-state index contributed by atoms with van der Waals surface area (Å²) in [4.78, 5) is 41.3. The third-order valence-electron chi connectivity index (χ3n) is 4.66. The van der Waals surface area contributed by atoms with Crippen molar-refractivity contribution in [1.82, 2.24) is 20.0 Å². The number of methoxy groups -OCH3 is 1. The molecular weight excluding hydrogens is 340 g/mol. The molecule has 0 aromatic heterocycles. The van der Waals surface area contributed by atoms with Gasteiger partial charge in [-0.2, -0.15) is 0 Å². The first-order valence-corrected chi connectivity index (χ1v) is 9.22. The van der Waals surface area contributed by atoms with Crippen LogP contribution in [0.15, 0.2) is 0 Å². The van der Waals surface area contributed by atoms with Gasteiger partial charge in [0.05, 0.1) is 33.4 Å². The second-order valence-electron chi connectivity index (χ2n) is 6.58. The van der Waals surface area contributed by atoms with E-state index in [1.165, 1.54) is 7.11 Å². The number of carbonyl (C=O) groups excluding carboxylic acids is 3. The predicted molar refractivity (Wildman–Crippen MR) is 94.5 cm³/mol. The normalized spacial score (nSPS) is 19.2. The Morgan fingerprint density at radius 1 is 0.962 bits per heavy atom. The summed E-state index contributed by atoms with van der Waals surface area (Å²) in [5, 5.41) is 2.82. The minimum Gasteiger partial charge on any atom is -0.469 e. The van der Waals surface area contributed by atoms with Crippen molar-refractivity contribution in [3.05, 3.63) is 0 Å². The van der Waals surface area contributed by atoms with E-state index in [4.69, 9.17) is 4.74 Å². The first kappa shape index (κ1) is 20.6. The Labute approximate surface area is 154 Å². The zero-order chi connectivity index (χ0) is 18.8. The Hall–Kier alpha value is -1.71. The minimum absolute atomic E-state index is 0.0345. The second-order valence-corrected chi connectivity index (χ2v) is 6.58. The highest BCUT2D eigenvalue weighted by molar-refractivity contribution is 5.79. The van der Waals surface area contributed by atoms with Crippen LogP contribution in [0.5, 0.6) is 0 Å². The zero-order valence-corrected chi connectivity index (χ0v) is 15.6. The molecule has 2 amide bonds. The van der Waals surface area contributed by atoms with Gasteiger partial charge in [0.25, 0.3) is 0 Å². The lowest BCUT2D eigenvalue weighted by Crippen LogP contribution is -2.53. The van der Waals surface area contributed by atoms with Crippen LogP contribution in [0.25, 0.3) is 0 Å². The Bertz CT molecular complexity index is 474. The molecule has 0 aromatic carbocycles. The van der Waals surface area contributed by atoms with Crippen molar-refractivity contribution in [1.29, 1.82) is 0 Å².